The Morgan fingerprint density at radius 1 is 0.889 bits per heavy atom. The van der Waals surface area contributed by atoms with Crippen LogP contribution < -0.4 is 5.73 Å². The van der Waals surface area contributed by atoms with Crippen LogP contribution in [0.15, 0.2) is 0 Å². The highest BCUT2D eigenvalue weighted by Crippen LogP contribution is 2.25. The van der Waals surface area contributed by atoms with Crippen molar-refractivity contribution in [3.8, 4) is 0 Å². The summed E-state index contributed by atoms with van der Waals surface area (Å²) in [6.45, 7) is 3.36. The van der Waals surface area contributed by atoms with Crippen LogP contribution in [0.2, 0.25) is 0 Å². The second kappa shape index (κ2) is 6.18. The van der Waals surface area contributed by atoms with Crippen molar-refractivity contribution < 1.29 is 17.6 Å². The quantitative estimate of drug-likeness (QED) is 0.636. The van der Waals surface area contributed by atoms with Crippen molar-refractivity contribution in [3.05, 3.63) is 34.4 Å². The van der Waals surface area contributed by atoms with Gasteiger partial charge in [0.2, 0.25) is 0 Å². The third kappa shape index (κ3) is 3.02. The van der Waals surface area contributed by atoms with E-state index >= 15 is 0 Å². The molecule has 0 spiro atoms. The van der Waals surface area contributed by atoms with E-state index in [-0.39, 0.29) is 6.42 Å². The van der Waals surface area contributed by atoms with Gasteiger partial charge in [-0.3, -0.25) is 0 Å². The second-order valence-corrected chi connectivity index (χ2v) is 4.70. The van der Waals surface area contributed by atoms with Crippen molar-refractivity contribution in [2.24, 2.45) is 11.7 Å². The highest BCUT2D eigenvalue weighted by Gasteiger charge is 2.23. The maximum Gasteiger partial charge on any atom is 0.166 e. The van der Waals surface area contributed by atoms with Crippen LogP contribution in [0.3, 0.4) is 0 Å². The Labute approximate surface area is 104 Å². The summed E-state index contributed by atoms with van der Waals surface area (Å²) < 4.78 is 54.0. The second-order valence-electron chi connectivity index (χ2n) is 4.70. The molecular weight excluding hydrogens is 246 g/mol. The van der Waals surface area contributed by atoms with Gasteiger partial charge in [0.05, 0.1) is 0 Å². The summed E-state index contributed by atoms with van der Waals surface area (Å²) in [5, 5.41) is 0. The topological polar surface area (TPSA) is 26.0 Å². The zero-order valence-electron chi connectivity index (χ0n) is 10.5. The Balaban J connectivity index is 3.05. The van der Waals surface area contributed by atoms with Crippen LogP contribution in [0.25, 0.3) is 0 Å². The summed E-state index contributed by atoms with van der Waals surface area (Å²) in [5.41, 5.74) is 3.80. The molecule has 0 aromatic heterocycles. The molecule has 1 nitrogen and oxygen atoms in total. The average Bonchev–Trinajstić information content (AvgIpc) is 2.31. The molecule has 0 unspecified atom stereocenters. The summed E-state index contributed by atoms with van der Waals surface area (Å²) >= 11 is 0. The van der Waals surface area contributed by atoms with Crippen LogP contribution >= 0.6 is 0 Å². The van der Waals surface area contributed by atoms with Gasteiger partial charge < -0.3 is 5.73 Å². The molecule has 2 N–H and O–H groups in total. The Hall–Kier alpha value is -1.10. The van der Waals surface area contributed by atoms with Crippen LogP contribution in [-0.4, -0.2) is 0 Å². The maximum absolute atomic E-state index is 13.6. The molecule has 18 heavy (non-hydrogen) atoms. The van der Waals surface area contributed by atoms with E-state index in [0.717, 1.165) is 6.42 Å². The van der Waals surface area contributed by atoms with E-state index in [9.17, 15) is 17.6 Å². The first-order valence-corrected chi connectivity index (χ1v) is 5.93. The zero-order valence-corrected chi connectivity index (χ0v) is 10.5. The largest absolute Gasteiger partial charge is 0.326 e. The SMILES string of the molecule is CC(C)CCCc1c(F)c(F)c(CN)c(F)c1F. The van der Waals surface area contributed by atoms with E-state index in [1.807, 2.05) is 13.8 Å². The minimum Gasteiger partial charge on any atom is -0.326 e. The predicted molar refractivity (Wildman–Crippen MR) is 61.9 cm³/mol. The van der Waals surface area contributed by atoms with Crippen molar-refractivity contribution in [3.63, 3.8) is 0 Å². The summed E-state index contributed by atoms with van der Waals surface area (Å²) in [4.78, 5) is 0. The Morgan fingerprint density at radius 3 is 1.72 bits per heavy atom. The van der Waals surface area contributed by atoms with E-state index in [2.05, 4.69) is 0 Å². The highest BCUT2D eigenvalue weighted by atomic mass is 19.2. The monoisotopic (exact) mass is 263 g/mol. The van der Waals surface area contributed by atoms with Gasteiger partial charge >= 0.3 is 0 Å². The van der Waals surface area contributed by atoms with Gasteiger partial charge in [0, 0.05) is 17.7 Å². The van der Waals surface area contributed by atoms with Gasteiger partial charge in [-0.15, -0.1) is 0 Å². The predicted octanol–water partition coefficient (Wildman–Crippen LogP) is 3.68. The van der Waals surface area contributed by atoms with Crippen molar-refractivity contribution >= 4 is 0 Å². The van der Waals surface area contributed by atoms with Gasteiger partial charge in [-0.25, -0.2) is 17.6 Å². The molecule has 0 aliphatic heterocycles. The minimum atomic E-state index is -1.38. The molecule has 0 bridgehead atoms. The van der Waals surface area contributed by atoms with E-state index in [0.29, 0.717) is 12.3 Å². The molecule has 1 aromatic rings. The van der Waals surface area contributed by atoms with E-state index in [1.54, 1.807) is 0 Å². The smallest absolute Gasteiger partial charge is 0.166 e. The van der Waals surface area contributed by atoms with Gasteiger partial charge in [-0.05, 0) is 18.8 Å². The number of halogens is 4. The first kappa shape index (κ1) is 15.0. The number of rotatable bonds is 5. The first-order chi connectivity index (χ1) is 8.40. The maximum atomic E-state index is 13.6. The molecule has 0 heterocycles. The fraction of sp³-hybridized carbons (Fsp3) is 0.538. The molecule has 0 radical (unpaired) electrons. The standard InChI is InChI=1S/C13H17F4N/c1-7(2)4-3-5-8-10(14)12(16)9(6-18)13(17)11(8)15/h7H,3-6,18H2,1-2H3. The lowest BCUT2D eigenvalue weighted by molar-refractivity contribution is 0.421. The Kier molecular flexibility index (Phi) is 5.14. The minimum absolute atomic E-state index is 0.0193. The normalized spacial score (nSPS) is 11.3. The van der Waals surface area contributed by atoms with Crippen LogP contribution in [-0.2, 0) is 13.0 Å². The van der Waals surface area contributed by atoms with Crippen LogP contribution in [0.4, 0.5) is 17.6 Å². The molecule has 1 rings (SSSR count). The molecule has 0 amide bonds. The molecule has 0 aliphatic rings. The third-order valence-corrected chi connectivity index (χ3v) is 2.86. The van der Waals surface area contributed by atoms with Gasteiger partial charge in [0.25, 0.3) is 0 Å². The number of nitrogens with two attached hydrogens (primary N) is 1. The fourth-order valence-electron chi connectivity index (χ4n) is 1.81. The Bertz CT molecular complexity index is 400. The number of benzene rings is 1. The third-order valence-electron chi connectivity index (χ3n) is 2.86. The summed E-state index contributed by atoms with van der Waals surface area (Å²) in [6.07, 6.45) is 1.20. The lowest BCUT2D eigenvalue weighted by Gasteiger charge is -2.11. The summed E-state index contributed by atoms with van der Waals surface area (Å²) in [7, 11) is 0. The Morgan fingerprint density at radius 2 is 1.33 bits per heavy atom. The summed E-state index contributed by atoms with van der Waals surface area (Å²) in [5.74, 6) is -5.03. The lowest BCUT2D eigenvalue weighted by atomic mass is 10.00. The van der Waals surface area contributed by atoms with Crippen molar-refractivity contribution in [2.75, 3.05) is 0 Å². The average molecular weight is 263 g/mol. The molecule has 0 aliphatic carbocycles. The zero-order chi connectivity index (χ0) is 13.9. The first-order valence-electron chi connectivity index (χ1n) is 5.93. The molecule has 5 heteroatoms. The fourth-order valence-corrected chi connectivity index (χ4v) is 1.81. The molecule has 102 valence electrons. The highest BCUT2D eigenvalue weighted by molar-refractivity contribution is 5.30. The molecular formula is C13H17F4N. The number of hydrogen-bond donors (Lipinski definition) is 1. The van der Waals surface area contributed by atoms with Crippen molar-refractivity contribution in [2.45, 2.75) is 39.7 Å². The van der Waals surface area contributed by atoms with Crippen LogP contribution in [0.5, 0.6) is 0 Å². The van der Waals surface area contributed by atoms with E-state index in [4.69, 9.17) is 5.73 Å². The molecule has 1 aromatic carbocycles. The van der Waals surface area contributed by atoms with Crippen molar-refractivity contribution in [1.29, 1.82) is 0 Å². The lowest BCUT2D eigenvalue weighted by Crippen LogP contribution is -2.12. The number of hydrogen-bond acceptors (Lipinski definition) is 1. The van der Waals surface area contributed by atoms with Gasteiger partial charge in [0.1, 0.15) is 0 Å². The van der Waals surface area contributed by atoms with Crippen LogP contribution in [0, 0.1) is 29.2 Å². The molecule has 0 atom stereocenters. The molecule has 0 saturated heterocycles. The van der Waals surface area contributed by atoms with E-state index < -0.39 is 40.9 Å². The van der Waals surface area contributed by atoms with E-state index in [1.165, 1.54) is 0 Å². The van der Waals surface area contributed by atoms with Crippen LogP contribution in [0.1, 0.15) is 37.8 Å². The molecule has 0 fully saturated rings. The molecule has 0 saturated carbocycles. The van der Waals surface area contributed by atoms with Gasteiger partial charge in [0.15, 0.2) is 23.3 Å². The van der Waals surface area contributed by atoms with Gasteiger partial charge in [-0.2, -0.15) is 0 Å². The summed E-state index contributed by atoms with van der Waals surface area (Å²) in [6, 6.07) is 0. The van der Waals surface area contributed by atoms with Crippen molar-refractivity contribution in [1.82, 2.24) is 0 Å². The van der Waals surface area contributed by atoms with Gasteiger partial charge in [-0.1, -0.05) is 20.3 Å².